The lowest BCUT2D eigenvalue weighted by atomic mass is 10.0. The summed E-state index contributed by atoms with van der Waals surface area (Å²) in [6.07, 6.45) is 4.79. The molecule has 27 heavy (non-hydrogen) atoms. The minimum absolute atomic E-state index is 0.111. The van der Waals surface area contributed by atoms with Gasteiger partial charge in [0.2, 0.25) is 0 Å². The predicted octanol–water partition coefficient (Wildman–Crippen LogP) is 3.32. The first-order valence-electron chi connectivity index (χ1n) is 9.75. The zero-order chi connectivity index (χ0) is 18.6. The van der Waals surface area contributed by atoms with Gasteiger partial charge >= 0.3 is 0 Å². The Kier molecular flexibility index (Phi) is 5.17. The first-order chi connectivity index (χ1) is 13.2. The summed E-state index contributed by atoms with van der Waals surface area (Å²) in [5.41, 5.74) is 2.78. The monoisotopic (exact) mass is 360 g/mol. The molecule has 2 aliphatic rings. The van der Waals surface area contributed by atoms with E-state index in [0.29, 0.717) is 11.7 Å². The number of nitrogens with zero attached hydrogens (tertiary/aromatic N) is 4. The Hall–Kier alpha value is -2.71. The van der Waals surface area contributed by atoms with Gasteiger partial charge in [0, 0.05) is 30.3 Å². The van der Waals surface area contributed by atoms with E-state index in [2.05, 4.69) is 16.0 Å². The summed E-state index contributed by atoms with van der Waals surface area (Å²) in [5, 5.41) is 8.99. The zero-order valence-electron chi connectivity index (χ0n) is 15.5. The van der Waals surface area contributed by atoms with Crippen LogP contribution in [0.25, 0.3) is 11.3 Å². The first kappa shape index (κ1) is 17.7. The van der Waals surface area contributed by atoms with Crippen molar-refractivity contribution in [2.45, 2.75) is 31.7 Å². The van der Waals surface area contributed by atoms with Crippen molar-refractivity contribution < 1.29 is 4.79 Å². The predicted molar refractivity (Wildman–Crippen MR) is 104 cm³/mol. The van der Waals surface area contributed by atoms with Crippen LogP contribution in [0.3, 0.4) is 0 Å². The maximum Gasteiger partial charge on any atom is 0.253 e. The van der Waals surface area contributed by atoms with E-state index in [-0.39, 0.29) is 5.91 Å². The van der Waals surface area contributed by atoms with Gasteiger partial charge in [0.25, 0.3) is 5.91 Å². The molecule has 0 N–H and O–H groups in total. The molecule has 0 atom stereocenters. The van der Waals surface area contributed by atoms with E-state index >= 15 is 0 Å². The highest BCUT2D eigenvalue weighted by Gasteiger charge is 2.28. The number of aromatic nitrogens is 1. The molecule has 1 aromatic carbocycles. The number of carbonyl (C=O) groups excluding carboxylic acids is 1. The number of amides is 1. The van der Waals surface area contributed by atoms with Crippen LogP contribution < -0.4 is 0 Å². The fourth-order valence-corrected chi connectivity index (χ4v) is 4.16. The van der Waals surface area contributed by atoms with Crippen molar-refractivity contribution >= 4 is 5.91 Å². The highest BCUT2D eigenvalue weighted by Crippen LogP contribution is 2.23. The van der Waals surface area contributed by atoms with Crippen molar-refractivity contribution in [3.8, 4) is 17.3 Å². The van der Waals surface area contributed by atoms with Crippen LogP contribution in [0.5, 0.6) is 0 Å². The van der Waals surface area contributed by atoms with E-state index in [9.17, 15) is 4.79 Å². The molecule has 0 unspecified atom stereocenters. The summed E-state index contributed by atoms with van der Waals surface area (Å²) in [5.74, 6) is 0.111. The number of piperidine rings is 1. The van der Waals surface area contributed by atoms with Crippen LogP contribution in [-0.2, 0) is 0 Å². The number of rotatable bonds is 3. The maximum atomic E-state index is 12.8. The maximum absolute atomic E-state index is 12.8. The Balaban J connectivity index is 1.40. The highest BCUT2D eigenvalue weighted by molar-refractivity contribution is 5.94. The molecule has 0 saturated carbocycles. The Morgan fingerprint density at radius 3 is 2.37 bits per heavy atom. The minimum Gasteiger partial charge on any atom is -0.339 e. The van der Waals surface area contributed by atoms with Gasteiger partial charge in [-0.2, -0.15) is 5.26 Å². The van der Waals surface area contributed by atoms with E-state index in [0.717, 1.165) is 42.8 Å². The normalized spacial score (nSPS) is 18.4. The second-order valence-corrected chi connectivity index (χ2v) is 7.36. The number of carbonyl (C=O) groups is 1. The van der Waals surface area contributed by atoms with E-state index < -0.39 is 0 Å². The zero-order valence-corrected chi connectivity index (χ0v) is 15.5. The number of nitriles is 1. The average molecular weight is 360 g/mol. The molecule has 0 bridgehead atoms. The summed E-state index contributed by atoms with van der Waals surface area (Å²) in [4.78, 5) is 21.7. The number of pyridine rings is 1. The fraction of sp³-hybridized carbons (Fsp3) is 0.409. The van der Waals surface area contributed by atoms with Crippen molar-refractivity contribution in [2.24, 2.45) is 0 Å². The molecule has 1 aromatic heterocycles. The van der Waals surface area contributed by atoms with Crippen LogP contribution in [0.4, 0.5) is 0 Å². The minimum atomic E-state index is 0.111. The number of hydrogen-bond donors (Lipinski definition) is 0. The first-order valence-corrected chi connectivity index (χ1v) is 9.75. The van der Waals surface area contributed by atoms with Crippen molar-refractivity contribution in [3.05, 3.63) is 53.7 Å². The molecule has 3 heterocycles. The molecule has 4 rings (SSSR count). The second kappa shape index (κ2) is 7.89. The molecule has 1 amide bonds. The van der Waals surface area contributed by atoms with Crippen LogP contribution in [0, 0.1) is 11.3 Å². The van der Waals surface area contributed by atoms with Gasteiger partial charge < -0.3 is 9.80 Å². The van der Waals surface area contributed by atoms with Gasteiger partial charge in [-0.3, -0.25) is 4.79 Å². The van der Waals surface area contributed by atoms with Gasteiger partial charge in [-0.25, -0.2) is 4.98 Å². The summed E-state index contributed by atoms with van der Waals surface area (Å²) in [6, 6.07) is 15.6. The van der Waals surface area contributed by atoms with E-state index in [1.807, 2.05) is 41.3 Å². The number of hydrogen-bond acceptors (Lipinski definition) is 4. The summed E-state index contributed by atoms with van der Waals surface area (Å²) in [7, 11) is 0. The molecule has 5 heteroatoms. The van der Waals surface area contributed by atoms with Crippen molar-refractivity contribution in [1.82, 2.24) is 14.8 Å². The standard InChI is InChI=1S/C22H24N4O/c23-16-19-4-3-5-21(24-19)17-6-8-18(9-7-17)22(27)26-14-10-20(11-15-26)25-12-1-2-13-25/h3-9,20H,1-2,10-15H2. The van der Waals surface area contributed by atoms with Gasteiger partial charge in [-0.1, -0.05) is 18.2 Å². The largest absolute Gasteiger partial charge is 0.339 e. The molecule has 5 nitrogen and oxygen atoms in total. The SMILES string of the molecule is N#Cc1cccc(-c2ccc(C(=O)N3CCC(N4CCCC4)CC3)cc2)n1. The summed E-state index contributed by atoms with van der Waals surface area (Å²) in [6.45, 7) is 4.13. The van der Waals surface area contributed by atoms with Crippen LogP contribution in [0.1, 0.15) is 41.7 Å². The van der Waals surface area contributed by atoms with Gasteiger partial charge in [0.15, 0.2) is 0 Å². The van der Waals surface area contributed by atoms with Gasteiger partial charge in [-0.15, -0.1) is 0 Å². The quantitative estimate of drug-likeness (QED) is 0.842. The molecule has 2 aromatic rings. The lowest BCUT2D eigenvalue weighted by molar-refractivity contribution is 0.0644. The van der Waals surface area contributed by atoms with E-state index in [1.54, 1.807) is 6.07 Å². The van der Waals surface area contributed by atoms with Crippen LogP contribution >= 0.6 is 0 Å². The second-order valence-electron chi connectivity index (χ2n) is 7.36. The molecule has 0 radical (unpaired) electrons. The molecular weight excluding hydrogens is 336 g/mol. The molecule has 2 fully saturated rings. The lowest BCUT2D eigenvalue weighted by Crippen LogP contribution is -2.45. The Labute approximate surface area is 160 Å². The Bertz CT molecular complexity index is 841. The third-order valence-electron chi connectivity index (χ3n) is 5.70. The number of benzene rings is 1. The van der Waals surface area contributed by atoms with Crippen molar-refractivity contribution in [1.29, 1.82) is 5.26 Å². The van der Waals surface area contributed by atoms with Crippen LogP contribution in [-0.4, -0.2) is 52.9 Å². The Morgan fingerprint density at radius 2 is 1.70 bits per heavy atom. The molecule has 0 spiro atoms. The Morgan fingerprint density at radius 1 is 1.00 bits per heavy atom. The van der Waals surface area contributed by atoms with Crippen molar-refractivity contribution in [3.63, 3.8) is 0 Å². The molecule has 0 aliphatic carbocycles. The van der Waals surface area contributed by atoms with Gasteiger partial charge in [0.1, 0.15) is 11.8 Å². The van der Waals surface area contributed by atoms with E-state index in [4.69, 9.17) is 5.26 Å². The molecule has 2 saturated heterocycles. The topological polar surface area (TPSA) is 60.2 Å². The summed E-state index contributed by atoms with van der Waals surface area (Å²) >= 11 is 0. The number of likely N-dealkylation sites (tertiary alicyclic amines) is 2. The van der Waals surface area contributed by atoms with Gasteiger partial charge in [-0.05, 0) is 63.0 Å². The van der Waals surface area contributed by atoms with Crippen LogP contribution in [0.2, 0.25) is 0 Å². The third-order valence-corrected chi connectivity index (χ3v) is 5.70. The van der Waals surface area contributed by atoms with Crippen molar-refractivity contribution in [2.75, 3.05) is 26.2 Å². The smallest absolute Gasteiger partial charge is 0.253 e. The highest BCUT2D eigenvalue weighted by atomic mass is 16.2. The molecule has 138 valence electrons. The molecule has 2 aliphatic heterocycles. The summed E-state index contributed by atoms with van der Waals surface area (Å²) < 4.78 is 0. The lowest BCUT2D eigenvalue weighted by Gasteiger charge is -2.36. The third kappa shape index (κ3) is 3.86. The van der Waals surface area contributed by atoms with Gasteiger partial charge in [0.05, 0.1) is 5.69 Å². The fourth-order valence-electron chi connectivity index (χ4n) is 4.16. The average Bonchev–Trinajstić information content (AvgIpc) is 3.28. The van der Waals surface area contributed by atoms with E-state index in [1.165, 1.54) is 25.9 Å². The van der Waals surface area contributed by atoms with Crippen LogP contribution in [0.15, 0.2) is 42.5 Å². The molecular formula is C22H24N4O.